The van der Waals surface area contributed by atoms with Gasteiger partial charge in [0.15, 0.2) is 11.5 Å². The van der Waals surface area contributed by atoms with E-state index in [2.05, 4.69) is 31.6 Å². The molecule has 3 aromatic rings. The van der Waals surface area contributed by atoms with E-state index in [-0.39, 0.29) is 0 Å². The first-order valence-corrected chi connectivity index (χ1v) is 10.3. The van der Waals surface area contributed by atoms with E-state index in [9.17, 15) is 0 Å². The summed E-state index contributed by atoms with van der Waals surface area (Å²) in [4.78, 5) is 0. The number of benzene rings is 2. The summed E-state index contributed by atoms with van der Waals surface area (Å²) in [7, 11) is 0. The summed E-state index contributed by atoms with van der Waals surface area (Å²) >= 11 is 20.7. The zero-order chi connectivity index (χ0) is 20.1. The molecule has 2 N–H and O–H groups in total. The van der Waals surface area contributed by atoms with Crippen molar-refractivity contribution in [1.29, 1.82) is 0 Å². The molecule has 0 radical (unpaired) electrons. The zero-order valence-corrected chi connectivity index (χ0v) is 18.8. The summed E-state index contributed by atoms with van der Waals surface area (Å²) in [6, 6.07) is 9.29. The first kappa shape index (κ1) is 21.0. The zero-order valence-electron chi connectivity index (χ0n) is 14.8. The van der Waals surface area contributed by atoms with Gasteiger partial charge in [-0.2, -0.15) is 5.10 Å². The Labute approximate surface area is 185 Å². The molecule has 1 heterocycles. The van der Waals surface area contributed by atoms with Gasteiger partial charge in [0.05, 0.1) is 27.7 Å². The van der Waals surface area contributed by atoms with Crippen molar-refractivity contribution in [3.8, 4) is 11.5 Å². The molecule has 0 fully saturated rings. The number of H-pyrrole nitrogens is 1. The lowest BCUT2D eigenvalue weighted by Gasteiger charge is -2.16. The lowest BCUT2D eigenvalue weighted by atomic mass is 10.2. The van der Waals surface area contributed by atoms with E-state index in [0.717, 1.165) is 15.6 Å². The molecule has 0 saturated carbocycles. The van der Waals surface area contributed by atoms with Crippen LogP contribution < -0.4 is 14.9 Å². The van der Waals surface area contributed by atoms with E-state index in [1.54, 1.807) is 23.1 Å². The van der Waals surface area contributed by atoms with Crippen LogP contribution in [0.25, 0.3) is 0 Å². The molecular formula is C18H17BrCl2N4O2S. The van der Waals surface area contributed by atoms with Gasteiger partial charge in [0.25, 0.3) is 0 Å². The van der Waals surface area contributed by atoms with Crippen LogP contribution in [0.15, 0.2) is 41.1 Å². The highest BCUT2D eigenvalue weighted by Crippen LogP contribution is 2.37. The lowest BCUT2D eigenvalue weighted by molar-refractivity contribution is 0.267. The van der Waals surface area contributed by atoms with Crippen molar-refractivity contribution >= 4 is 51.3 Å². The molecule has 0 spiro atoms. The Hall–Kier alpha value is -1.74. The van der Waals surface area contributed by atoms with Gasteiger partial charge >= 0.3 is 0 Å². The fraction of sp³-hybridized carbons (Fsp3) is 0.222. The third-order valence-corrected chi connectivity index (χ3v) is 5.36. The smallest absolute Gasteiger partial charge is 0.214 e. The second-order valence-electron chi connectivity index (χ2n) is 5.74. The van der Waals surface area contributed by atoms with Crippen LogP contribution in [-0.4, -0.2) is 21.5 Å². The second-order valence-corrected chi connectivity index (χ2v) is 7.80. The highest BCUT2D eigenvalue weighted by atomic mass is 79.9. The molecule has 148 valence electrons. The predicted octanol–water partition coefficient (Wildman–Crippen LogP) is 5.73. The van der Waals surface area contributed by atoms with Crippen LogP contribution >= 0.6 is 51.3 Å². The highest BCUT2D eigenvalue weighted by Gasteiger charge is 2.13. The van der Waals surface area contributed by atoms with Gasteiger partial charge in [-0.15, -0.1) is 0 Å². The fourth-order valence-corrected chi connectivity index (χ4v) is 3.54. The van der Waals surface area contributed by atoms with Crippen LogP contribution in [0.2, 0.25) is 10.0 Å². The normalized spacial score (nSPS) is 10.7. The summed E-state index contributed by atoms with van der Waals surface area (Å²) < 4.78 is 14.7. The minimum atomic E-state index is 0.331. The number of aromatic nitrogens is 3. The van der Waals surface area contributed by atoms with Crippen LogP contribution in [0.5, 0.6) is 11.5 Å². The topological polar surface area (TPSA) is 64.1 Å². The Bertz CT molecular complexity index is 1030. The first-order valence-electron chi connectivity index (χ1n) is 8.35. The average Bonchev–Trinajstić information content (AvgIpc) is 3.07. The molecule has 2 aromatic carbocycles. The van der Waals surface area contributed by atoms with Gasteiger partial charge in [-0.05, 0) is 70.5 Å². The number of hydrogen-bond donors (Lipinski definition) is 2. The van der Waals surface area contributed by atoms with Crippen LogP contribution in [0.4, 0.5) is 0 Å². The molecule has 0 bridgehead atoms. The highest BCUT2D eigenvalue weighted by molar-refractivity contribution is 9.10. The lowest BCUT2D eigenvalue weighted by Crippen LogP contribution is -2.13. The minimum Gasteiger partial charge on any atom is -0.490 e. The maximum atomic E-state index is 6.07. The molecule has 10 heteroatoms. The van der Waals surface area contributed by atoms with Gasteiger partial charge in [0.1, 0.15) is 12.9 Å². The fourth-order valence-electron chi connectivity index (χ4n) is 2.45. The third-order valence-electron chi connectivity index (χ3n) is 3.74. The third kappa shape index (κ3) is 5.20. The molecule has 0 aliphatic rings. The number of aromatic amines is 1. The largest absolute Gasteiger partial charge is 0.490 e. The number of nitrogens with one attached hydrogen (secondary N) is 2. The Morgan fingerprint density at radius 1 is 1.18 bits per heavy atom. The minimum absolute atomic E-state index is 0.331. The molecule has 1 aromatic heterocycles. The summed E-state index contributed by atoms with van der Waals surface area (Å²) in [5.41, 5.74) is 5.06. The van der Waals surface area contributed by atoms with Gasteiger partial charge in [-0.3, -0.25) is 5.10 Å². The van der Waals surface area contributed by atoms with Gasteiger partial charge in [-0.1, -0.05) is 29.3 Å². The molecule has 0 amide bonds. The van der Waals surface area contributed by atoms with Crippen molar-refractivity contribution in [2.45, 2.75) is 20.1 Å². The Morgan fingerprint density at radius 2 is 2.00 bits per heavy atom. The average molecular weight is 504 g/mol. The molecule has 3 rings (SSSR count). The van der Waals surface area contributed by atoms with E-state index < -0.39 is 0 Å². The number of nitrogens with zero attached hydrogens (tertiary/aromatic N) is 2. The molecule has 0 atom stereocenters. The SMILES string of the molecule is CCOc1cc(CNn2cn[nH]c2=S)cc(Br)c1OCc1ccc(Cl)c(Cl)c1. The Morgan fingerprint density at radius 3 is 2.68 bits per heavy atom. The number of halogens is 3. The van der Waals surface area contributed by atoms with Crippen molar-refractivity contribution in [2.24, 2.45) is 0 Å². The molecule has 6 nitrogen and oxygen atoms in total. The van der Waals surface area contributed by atoms with Crippen molar-refractivity contribution < 1.29 is 9.47 Å². The quantitative estimate of drug-likeness (QED) is 0.384. The van der Waals surface area contributed by atoms with Crippen LogP contribution in [0, 0.1) is 4.77 Å². The van der Waals surface area contributed by atoms with E-state index in [0.29, 0.717) is 46.1 Å². The molecular weight excluding hydrogens is 487 g/mol. The second kappa shape index (κ2) is 9.65. The van der Waals surface area contributed by atoms with Gasteiger partial charge in [0.2, 0.25) is 4.77 Å². The van der Waals surface area contributed by atoms with Crippen molar-refractivity contribution in [3.63, 3.8) is 0 Å². The van der Waals surface area contributed by atoms with Crippen LogP contribution in [0.3, 0.4) is 0 Å². The summed E-state index contributed by atoms with van der Waals surface area (Å²) in [5.74, 6) is 1.26. The van der Waals surface area contributed by atoms with E-state index in [1.807, 2.05) is 25.1 Å². The predicted molar refractivity (Wildman–Crippen MR) is 117 cm³/mol. The molecule has 0 aliphatic heterocycles. The first-order chi connectivity index (χ1) is 13.5. The summed E-state index contributed by atoms with van der Waals surface area (Å²) in [5, 5.41) is 7.57. The van der Waals surface area contributed by atoms with Crippen molar-refractivity contribution in [1.82, 2.24) is 14.9 Å². The van der Waals surface area contributed by atoms with Crippen molar-refractivity contribution in [2.75, 3.05) is 12.0 Å². The van der Waals surface area contributed by atoms with Gasteiger partial charge in [-0.25, -0.2) is 4.68 Å². The maximum Gasteiger partial charge on any atom is 0.214 e. The maximum absolute atomic E-state index is 6.07. The van der Waals surface area contributed by atoms with Gasteiger partial charge < -0.3 is 14.9 Å². The molecule has 0 saturated heterocycles. The molecule has 0 unspecified atom stereocenters. The Balaban J connectivity index is 1.77. The monoisotopic (exact) mass is 502 g/mol. The number of hydrogen-bond acceptors (Lipinski definition) is 5. The van der Waals surface area contributed by atoms with E-state index in [4.69, 9.17) is 44.9 Å². The molecule has 28 heavy (non-hydrogen) atoms. The van der Waals surface area contributed by atoms with Crippen LogP contribution in [-0.2, 0) is 13.2 Å². The Kier molecular flexibility index (Phi) is 7.23. The van der Waals surface area contributed by atoms with E-state index >= 15 is 0 Å². The number of rotatable bonds is 8. The van der Waals surface area contributed by atoms with E-state index in [1.165, 1.54) is 0 Å². The summed E-state index contributed by atoms with van der Waals surface area (Å²) in [6.45, 7) is 3.29. The standard InChI is InChI=1S/C18H17BrCl2N4O2S/c1-2-26-16-7-12(8-23-25-10-22-24-18(25)28)5-13(19)17(16)27-9-11-3-4-14(20)15(21)6-11/h3-7,10,23H,2,8-9H2,1H3,(H,24,28). The van der Waals surface area contributed by atoms with Crippen LogP contribution in [0.1, 0.15) is 18.1 Å². The van der Waals surface area contributed by atoms with Gasteiger partial charge in [0, 0.05) is 0 Å². The molecule has 0 aliphatic carbocycles. The summed E-state index contributed by atoms with van der Waals surface area (Å²) in [6.07, 6.45) is 1.58. The number of ether oxygens (including phenoxy) is 2. The van der Waals surface area contributed by atoms with Crippen molar-refractivity contribution in [3.05, 3.63) is 67.1 Å².